The fourth-order valence-corrected chi connectivity index (χ4v) is 4.13. The maximum atomic E-state index is 13.9. The summed E-state index contributed by atoms with van der Waals surface area (Å²) >= 11 is 0. The summed E-state index contributed by atoms with van der Waals surface area (Å²) in [6.45, 7) is 0.843. The quantitative estimate of drug-likeness (QED) is 0.906. The lowest BCUT2D eigenvalue weighted by Gasteiger charge is -2.37. The van der Waals surface area contributed by atoms with Gasteiger partial charge in [-0.3, -0.25) is 0 Å². The van der Waals surface area contributed by atoms with Crippen LogP contribution in [-0.2, 0) is 11.2 Å². The number of rotatable bonds is 2. The van der Waals surface area contributed by atoms with Gasteiger partial charge in [0.05, 0.1) is 12.2 Å². The lowest BCUT2D eigenvalue weighted by molar-refractivity contribution is -0.0627. The summed E-state index contributed by atoms with van der Waals surface area (Å²) in [5, 5.41) is 3.20. The van der Waals surface area contributed by atoms with Gasteiger partial charge in [-0.2, -0.15) is 0 Å². The van der Waals surface area contributed by atoms with Crippen LogP contribution in [0.25, 0.3) is 0 Å². The number of fused-ring (bicyclic) bond motifs is 5. The smallest absolute Gasteiger partial charge is 0.123 e. The van der Waals surface area contributed by atoms with Crippen LogP contribution in [-0.4, -0.2) is 19.7 Å². The van der Waals surface area contributed by atoms with Gasteiger partial charge in [0.2, 0.25) is 0 Å². The van der Waals surface area contributed by atoms with Crippen LogP contribution in [0.4, 0.5) is 4.39 Å². The summed E-state index contributed by atoms with van der Waals surface area (Å²) < 4.78 is 20.3. The molecule has 2 aromatic rings. The SMILES string of the molecule is CNC[C@H]1CC[C@@H]2c3ccccc3Cc3ccc(F)cc3[C@H]2O1. The Labute approximate surface area is 136 Å². The standard InChI is InChI=1S/C20H22FNO/c1-22-12-16-8-9-18-17-5-3-2-4-13(17)10-14-6-7-15(21)11-19(14)20(18)23-16/h2-7,11,16,18,20,22H,8-10,12H2,1H3/t16-,18-,20+/m1/s1. The third kappa shape index (κ3) is 2.68. The summed E-state index contributed by atoms with van der Waals surface area (Å²) in [5.74, 6) is 0.148. The van der Waals surface area contributed by atoms with E-state index in [1.807, 2.05) is 13.1 Å². The van der Waals surface area contributed by atoms with Crippen molar-refractivity contribution in [1.29, 1.82) is 0 Å². The molecule has 1 heterocycles. The monoisotopic (exact) mass is 311 g/mol. The van der Waals surface area contributed by atoms with E-state index < -0.39 is 0 Å². The molecule has 23 heavy (non-hydrogen) atoms. The Hall–Kier alpha value is -1.71. The van der Waals surface area contributed by atoms with E-state index >= 15 is 0 Å². The Morgan fingerprint density at radius 1 is 1.09 bits per heavy atom. The zero-order valence-electron chi connectivity index (χ0n) is 13.4. The second-order valence-electron chi connectivity index (χ2n) is 6.64. The zero-order chi connectivity index (χ0) is 15.8. The molecule has 1 fully saturated rings. The lowest BCUT2D eigenvalue weighted by atomic mass is 9.82. The van der Waals surface area contributed by atoms with Crippen molar-refractivity contribution in [2.24, 2.45) is 0 Å². The Morgan fingerprint density at radius 3 is 2.78 bits per heavy atom. The number of halogens is 1. The summed E-state index contributed by atoms with van der Waals surface area (Å²) in [5.41, 5.74) is 4.95. The highest BCUT2D eigenvalue weighted by Crippen LogP contribution is 2.47. The minimum absolute atomic E-state index is 0.0450. The third-order valence-corrected chi connectivity index (χ3v) is 5.19. The normalized spacial score (nSPS) is 25.9. The molecular weight excluding hydrogens is 289 g/mol. The Bertz CT molecular complexity index is 715. The molecule has 120 valence electrons. The van der Waals surface area contributed by atoms with Gasteiger partial charge in [-0.05, 0) is 60.7 Å². The number of ether oxygens (including phenoxy) is 1. The second-order valence-corrected chi connectivity index (χ2v) is 6.64. The predicted molar refractivity (Wildman–Crippen MR) is 89.2 cm³/mol. The van der Waals surface area contributed by atoms with Gasteiger partial charge in [-0.25, -0.2) is 4.39 Å². The molecule has 1 aliphatic heterocycles. The van der Waals surface area contributed by atoms with Crippen molar-refractivity contribution < 1.29 is 9.13 Å². The first-order chi connectivity index (χ1) is 11.3. The molecule has 2 aromatic carbocycles. The van der Waals surface area contributed by atoms with E-state index in [1.54, 1.807) is 12.1 Å². The molecule has 0 bridgehead atoms. The molecule has 3 atom stereocenters. The average Bonchev–Trinajstić information content (AvgIpc) is 2.70. The van der Waals surface area contributed by atoms with Gasteiger partial charge in [-0.1, -0.05) is 30.3 Å². The predicted octanol–water partition coefficient (Wildman–Crippen LogP) is 3.95. The molecule has 4 rings (SSSR count). The van der Waals surface area contributed by atoms with Crippen molar-refractivity contribution in [2.45, 2.75) is 37.4 Å². The minimum Gasteiger partial charge on any atom is -0.368 e. The number of hydrogen-bond acceptors (Lipinski definition) is 2. The van der Waals surface area contributed by atoms with Crippen LogP contribution < -0.4 is 5.32 Å². The molecule has 0 radical (unpaired) electrons. The van der Waals surface area contributed by atoms with Crippen LogP contribution in [0.3, 0.4) is 0 Å². The van der Waals surface area contributed by atoms with E-state index in [4.69, 9.17) is 4.74 Å². The van der Waals surface area contributed by atoms with Gasteiger partial charge in [-0.15, -0.1) is 0 Å². The van der Waals surface area contributed by atoms with Crippen molar-refractivity contribution in [2.75, 3.05) is 13.6 Å². The topological polar surface area (TPSA) is 21.3 Å². The van der Waals surface area contributed by atoms with Gasteiger partial charge in [0, 0.05) is 12.5 Å². The molecule has 1 N–H and O–H groups in total. The van der Waals surface area contributed by atoms with Crippen LogP contribution in [0.15, 0.2) is 42.5 Å². The molecule has 0 spiro atoms. The van der Waals surface area contributed by atoms with Crippen molar-refractivity contribution in [3.05, 3.63) is 70.5 Å². The van der Waals surface area contributed by atoms with Crippen LogP contribution in [0, 0.1) is 5.82 Å². The molecule has 0 saturated carbocycles. The van der Waals surface area contributed by atoms with Gasteiger partial charge >= 0.3 is 0 Å². The fourth-order valence-electron chi connectivity index (χ4n) is 4.13. The first kappa shape index (κ1) is 14.9. The zero-order valence-corrected chi connectivity index (χ0v) is 13.4. The molecule has 3 heteroatoms. The second kappa shape index (κ2) is 6.06. The van der Waals surface area contributed by atoms with Crippen molar-refractivity contribution in [3.63, 3.8) is 0 Å². The molecule has 2 aliphatic rings. The third-order valence-electron chi connectivity index (χ3n) is 5.19. The maximum absolute atomic E-state index is 13.9. The molecular formula is C20H22FNO. The molecule has 0 amide bonds. The number of likely N-dealkylation sites (N-methyl/N-ethyl adjacent to an activating group) is 1. The van der Waals surface area contributed by atoms with E-state index in [-0.39, 0.29) is 18.0 Å². The molecule has 0 unspecified atom stereocenters. The molecule has 1 saturated heterocycles. The van der Waals surface area contributed by atoms with E-state index in [1.165, 1.54) is 16.7 Å². The lowest BCUT2D eigenvalue weighted by Crippen LogP contribution is -2.34. The maximum Gasteiger partial charge on any atom is 0.123 e. The van der Waals surface area contributed by atoms with Gasteiger partial charge in [0.25, 0.3) is 0 Å². The highest BCUT2D eigenvalue weighted by atomic mass is 19.1. The minimum atomic E-state index is -0.173. The van der Waals surface area contributed by atoms with E-state index in [2.05, 4.69) is 29.6 Å². The average molecular weight is 311 g/mol. The summed E-state index contributed by atoms with van der Waals surface area (Å²) in [4.78, 5) is 0. The van der Waals surface area contributed by atoms with Crippen molar-refractivity contribution in [3.8, 4) is 0 Å². The fraction of sp³-hybridized carbons (Fsp3) is 0.400. The number of nitrogens with one attached hydrogen (secondary N) is 1. The Kier molecular flexibility index (Phi) is 3.92. The summed E-state index contributed by atoms with van der Waals surface area (Å²) in [6.07, 6.45) is 3.14. The highest BCUT2D eigenvalue weighted by molar-refractivity contribution is 5.44. The summed E-state index contributed by atoms with van der Waals surface area (Å²) in [6, 6.07) is 13.8. The number of benzene rings is 2. The highest BCUT2D eigenvalue weighted by Gasteiger charge is 2.37. The first-order valence-electron chi connectivity index (χ1n) is 8.42. The van der Waals surface area contributed by atoms with Gasteiger partial charge in [0.1, 0.15) is 5.82 Å². The van der Waals surface area contributed by atoms with Gasteiger partial charge in [0.15, 0.2) is 0 Å². The Morgan fingerprint density at radius 2 is 1.91 bits per heavy atom. The van der Waals surface area contributed by atoms with Crippen molar-refractivity contribution in [1.82, 2.24) is 5.32 Å². The summed E-state index contributed by atoms with van der Waals surface area (Å²) in [7, 11) is 1.95. The molecule has 1 aliphatic carbocycles. The molecule has 2 nitrogen and oxygen atoms in total. The van der Waals surface area contributed by atoms with Crippen LogP contribution in [0.1, 0.15) is 47.1 Å². The number of hydrogen-bond donors (Lipinski definition) is 1. The van der Waals surface area contributed by atoms with Gasteiger partial charge < -0.3 is 10.1 Å². The van der Waals surface area contributed by atoms with Crippen LogP contribution in [0.5, 0.6) is 0 Å². The van der Waals surface area contributed by atoms with Crippen molar-refractivity contribution >= 4 is 0 Å². The van der Waals surface area contributed by atoms with E-state index in [0.29, 0.717) is 5.92 Å². The Balaban J connectivity index is 1.82. The van der Waals surface area contributed by atoms with Crippen LogP contribution >= 0.6 is 0 Å². The van der Waals surface area contributed by atoms with Crippen LogP contribution in [0.2, 0.25) is 0 Å². The molecule has 0 aromatic heterocycles. The van der Waals surface area contributed by atoms with E-state index in [9.17, 15) is 4.39 Å². The van der Waals surface area contributed by atoms with E-state index in [0.717, 1.165) is 31.4 Å². The first-order valence-corrected chi connectivity index (χ1v) is 8.42. The largest absolute Gasteiger partial charge is 0.368 e.